The number of H-pyrrole nitrogens is 1. The monoisotopic (exact) mass is 342 g/mol. The molecule has 2 aromatic heterocycles. The first-order valence-electron chi connectivity index (χ1n) is 7.47. The number of carbonyl (C=O) groups excluding carboxylic acids is 1. The number of pyridine rings is 1. The van der Waals surface area contributed by atoms with E-state index in [-0.39, 0.29) is 5.82 Å². The van der Waals surface area contributed by atoms with Crippen LogP contribution in [0.2, 0.25) is 0 Å². The third-order valence-electron chi connectivity index (χ3n) is 3.70. The first-order valence-corrected chi connectivity index (χ1v) is 7.47. The SMILES string of the molecule is CC(NC(=O)O)C(=O)Nc1ccc(-c2c[nH]c3cc(F)ccc23)cn1. The quantitative estimate of drug-likeness (QED) is 0.585. The number of carbonyl (C=O) groups is 2. The number of amides is 2. The fourth-order valence-corrected chi connectivity index (χ4v) is 2.45. The minimum Gasteiger partial charge on any atom is -0.465 e. The van der Waals surface area contributed by atoms with Gasteiger partial charge in [-0.05, 0) is 37.3 Å². The fourth-order valence-electron chi connectivity index (χ4n) is 2.45. The maximum absolute atomic E-state index is 13.3. The Balaban J connectivity index is 1.78. The van der Waals surface area contributed by atoms with Gasteiger partial charge in [0.25, 0.3) is 0 Å². The topological polar surface area (TPSA) is 107 Å². The Morgan fingerprint density at radius 1 is 1.28 bits per heavy atom. The molecule has 128 valence electrons. The van der Waals surface area contributed by atoms with Crippen molar-refractivity contribution in [2.45, 2.75) is 13.0 Å². The van der Waals surface area contributed by atoms with Crippen LogP contribution in [-0.4, -0.2) is 33.1 Å². The summed E-state index contributed by atoms with van der Waals surface area (Å²) < 4.78 is 13.3. The van der Waals surface area contributed by atoms with Crippen LogP contribution in [0.15, 0.2) is 42.7 Å². The van der Waals surface area contributed by atoms with Gasteiger partial charge < -0.3 is 20.7 Å². The minimum absolute atomic E-state index is 0.304. The van der Waals surface area contributed by atoms with E-state index in [0.717, 1.165) is 16.5 Å². The lowest BCUT2D eigenvalue weighted by Crippen LogP contribution is -2.40. The molecule has 0 spiro atoms. The van der Waals surface area contributed by atoms with E-state index in [4.69, 9.17) is 5.11 Å². The van der Waals surface area contributed by atoms with Gasteiger partial charge in [0.2, 0.25) is 5.91 Å². The molecule has 3 rings (SSSR count). The van der Waals surface area contributed by atoms with Gasteiger partial charge >= 0.3 is 6.09 Å². The van der Waals surface area contributed by atoms with Crippen LogP contribution in [0.5, 0.6) is 0 Å². The van der Waals surface area contributed by atoms with Crippen molar-refractivity contribution in [3.8, 4) is 11.1 Å². The third-order valence-corrected chi connectivity index (χ3v) is 3.70. The van der Waals surface area contributed by atoms with Crippen LogP contribution in [0.1, 0.15) is 6.92 Å². The number of anilines is 1. The largest absolute Gasteiger partial charge is 0.465 e. The second-order valence-corrected chi connectivity index (χ2v) is 5.48. The standard InChI is InChI=1S/C17H15FN4O3/c1-9(21-17(24)25)16(23)22-15-5-2-10(7-20-15)13-8-19-14-6-11(18)3-4-12(13)14/h2-9,19,21H,1H3,(H,24,25)(H,20,22,23). The first kappa shape index (κ1) is 16.4. The Bertz CT molecular complexity index is 937. The molecule has 7 nitrogen and oxygen atoms in total. The molecule has 0 fully saturated rings. The van der Waals surface area contributed by atoms with E-state index in [1.807, 2.05) is 0 Å². The zero-order valence-corrected chi connectivity index (χ0v) is 13.2. The summed E-state index contributed by atoms with van der Waals surface area (Å²) in [5, 5.41) is 14.1. The van der Waals surface area contributed by atoms with Crippen molar-refractivity contribution in [3.05, 3.63) is 48.5 Å². The van der Waals surface area contributed by atoms with E-state index in [2.05, 4.69) is 20.6 Å². The Morgan fingerprint density at radius 3 is 2.76 bits per heavy atom. The normalized spacial score (nSPS) is 11.9. The predicted octanol–water partition coefficient (Wildman–Crippen LogP) is 2.96. The van der Waals surface area contributed by atoms with Crippen LogP contribution in [0.3, 0.4) is 0 Å². The summed E-state index contributed by atoms with van der Waals surface area (Å²) in [4.78, 5) is 29.6. The molecule has 0 aliphatic rings. The number of rotatable bonds is 4. The number of nitrogens with one attached hydrogen (secondary N) is 3. The molecule has 1 atom stereocenters. The summed E-state index contributed by atoms with van der Waals surface area (Å²) in [6.07, 6.45) is 2.07. The van der Waals surface area contributed by atoms with Gasteiger partial charge in [-0.25, -0.2) is 14.2 Å². The lowest BCUT2D eigenvalue weighted by Gasteiger charge is -2.11. The molecule has 0 saturated heterocycles. The van der Waals surface area contributed by atoms with Gasteiger partial charge in [0, 0.05) is 34.4 Å². The lowest BCUT2D eigenvalue weighted by molar-refractivity contribution is -0.117. The van der Waals surface area contributed by atoms with E-state index in [0.29, 0.717) is 11.3 Å². The van der Waals surface area contributed by atoms with Gasteiger partial charge in [0.05, 0.1) is 0 Å². The number of aromatic nitrogens is 2. The van der Waals surface area contributed by atoms with Gasteiger partial charge in [-0.1, -0.05) is 0 Å². The predicted molar refractivity (Wildman–Crippen MR) is 90.7 cm³/mol. The van der Waals surface area contributed by atoms with Crippen LogP contribution in [0.25, 0.3) is 22.0 Å². The molecule has 2 amide bonds. The maximum Gasteiger partial charge on any atom is 0.405 e. The fraction of sp³-hybridized carbons (Fsp3) is 0.118. The molecule has 8 heteroatoms. The van der Waals surface area contributed by atoms with Crippen molar-refractivity contribution in [2.75, 3.05) is 5.32 Å². The number of nitrogens with zero attached hydrogens (tertiary/aromatic N) is 1. The Morgan fingerprint density at radius 2 is 2.08 bits per heavy atom. The second kappa shape index (κ2) is 6.60. The summed E-state index contributed by atoms with van der Waals surface area (Å²) >= 11 is 0. The summed E-state index contributed by atoms with van der Waals surface area (Å²) in [7, 11) is 0. The first-order chi connectivity index (χ1) is 11.9. The summed E-state index contributed by atoms with van der Waals surface area (Å²) in [6, 6.07) is 6.97. The minimum atomic E-state index is -1.28. The van der Waals surface area contributed by atoms with E-state index in [1.54, 1.807) is 30.6 Å². The third kappa shape index (κ3) is 3.57. The van der Waals surface area contributed by atoms with Crippen LogP contribution >= 0.6 is 0 Å². The Labute approximate surface area is 141 Å². The zero-order valence-electron chi connectivity index (χ0n) is 13.2. The van der Waals surface area contributed by atoms with Gasteiger partial charge in [0.15, 0.2) is 0 Å². The molecule has 1 aromatic carbocycles. The highest BCUT2D eigenvalue weighted by Gasteiger charge is 2.15. The molecule has 0 saturated carbocycles. The van der Waals surface area contributed by atoms with Crippen LogP contribution in [0.4, 0.5) is 15.0 Å². The highest BCUT2D eigenvalue weighted by Crippen LogP contribution is 2.29. The Hall–Kier alpha value is -3.42. The highest BCUT2D eigenvalue weighted by molar-refractivity contribution is 5.97. The van der Waals surface area contributed by atoms with E-state index < -0.39 is 18.0 Å². The van der Waals surface area contributed by atoms with E-state index in [1.165, 1.54) is 19.1 Å². The summed E-state index contributed by atoms with van der Waals surface area (Å²) in [5.74, 6) is -0.523. The molecule has 4 N–H and O–H groups in total. The highest BCUT2D eigenvalue weighted by atomic mass is 19.1. The number of hydrogen-bond donors (Lipinski definition) is 4. The smallest absolute Gasteiger partial charge is 0.405 e. The van der Waals surface area contributed by atoms with Crippen LogP contribution < -0.4 is 10.6 Å². The maximum atomic E-state index is 13.3. The number of hydrogen-bond acceptors (Lipinski definition) is 3. The number of halogens is 1. The van der Waals surface area contributed by atoms with Crippen molar-refractivity contribution in [1.82, 2.24) is 15.3 Å². The van der Waals surface area contributed by atoms with Crippen molar-refractivity contribution in [3.63, 3.8) is 0 Å². The van der Waals surface area contributed by atoms with E-state index in [9.17, 15) is 14.0 Å². The van der Waals surface area contributed by atoms with Crippen molar-refractivity contribution in [2.24, 2.45) is 0 Å². The van der Waals surface area contributed by atoms with Gasteiger partial charge in [-0.15, -0.1) is 0 Å². The average molecular weight is 342 g/mol. The Kier molecular flexibility index (Phi) is 4.34. The van der Waals surface area contributed by atoms with Gasteiger partial charge in [0.1, 0.15) is 17.7 Å². The number of fused-ring (bicyclic) bond motifs is 1. The molecule has 25 heavy (non-hydrogen) atoms. The van der Waals surface area contributed by atoms with Gasteiger partial charge in [-0.2, -0.15) is 0 Å². The summed E-state index contributed by atoms with van der Waals surface area (Å²) in [6.45, 7) is 1.43. The molecule has 0 radical (unpaired) electrons. The number of aromatic amines is 1. The molecular weight excluding hydrogens is 327 g/mol. The molecule has 0 bridgehead atoms. The lowest BCUT2D eigenvalue weighted by atomic mass is 10.1. The molecule has 0 aliphatic heterocycles. The average Bonchev–Trinajstić information content (AvgIpc) is 2.97. The molecule has 3 aromatic rings. The van der Waals surface area contributed by atoms with Crippen molar-refractivity contribution < 1.29 is 19.1 Å². The van der Waals surface area contributed by atoms with Crippen molar-refractivity contribution in [1.29, 1.82) is 0 Å². The zero-order chi connectivity index (χ0) is 18.0. The van der Waals surface area contributed by atoms with Gasteiger partial charge in [-0.3, -0.25) is 4.79 Å². The molecule has 1 unspecified atom stereocenters. The van der Waals surface area contributed by atoms with E-state index >= 15 is 0 Å². The number of carboxylic acid groups (broad SMARTS) is 1. The molecule has 2 heterocycles. The molecular formula is C17H15FN4O3. The molecule has 0 aliphatic carbocycles. The summed E-state index contributed by atoms with van der Waals surface area (Å²) in [5.41, 5.74) is 2.34. The van der Waals surface area contributed by atoms with Crippen molar-refractivity contribution >= 4 is 28.7 Å². The second-order valence-electron chi connectivity index (χ2n) is 5.48. The van der Waals surface area contributed by atoms with Crippen LogP contribution in [-0.2, 0) is 4.79 Å². The van der Waals surface area contributed by atoms with Crippen LogP contribution in [0, 0.1) is 5.82 Å². The number of benzene rings is 1.